The van der Waals surface area contributed by atoms with Crippen molar-refractivity contribution in [1.82, 2.24) is 9.88 Å². The molecule has 0 saturated heterocycles. The number of nitrogens with zero attached hydrogens (tertiary/aromatic N) is 1. The summed E-state index contributed by atoms with van der Waals surface area (Å²) in [7, 11) is 0. The van der Waals surface area contributed by atoms with Gasteiger partial charge in [-0.25, -0.2) is 0 Å². The average Bonchev–Trinajstić information content (AvgIpc) is 3.97. The van der Waals surface area contributed by atoms with E-state index in [1.807, 2.05) is 11.3 Å². The fourth-order valence-electron chi connectivity index (χ4n) is 14.5. The first-order valence-electron chi connectivity index (χ1n) is 29.4. The molecule has 1 saturated carbocycles. The summed E-state index contributed by atoms with van der Waals surface area (Å²) in [5.41, 5.74) is 21.6. The lowest BCUT2D eigenvalue weighted by atomic mass is 9.78. The molecule has 10 aromatic carbocycles. The molecule has 5 heterocycles. The number of allylic oxidation sites excluding steroid dienone is 2. The molecule has 1 fully saturated rings. The predicted molar refractivity (Wildman–Crippen MR) is 344 cm³/mol. The normalized spacial score (nSPS) is 19.5. The second-order valence-corrected chi connectivity index (χ2v) is 24.4. The van der Waals surface area contributed by atoms with Crippen LogP contribution in [0.1, 0.15) is 84.2 Å². The van der Waals surface area contributed by atoms with Crippen molar-refractivity contribution in [3.05, 3.63) is 258 Å². The van der Waals surface area contributed by atoms with E-state index < -0.39 is 0 Å². The van der Waals surface area contributed by atoms with Crippen molar-refractivity contribution in [3.8, 4) is 39.1 Å². The fourth-order valence-corrected chi connectivity index (χ4v) is 15.7. The van der Waals surface area contributed by atoms with E-state index in [1.165, 1.54) is 115 Å². The Kier molecular flexibility index (Phi) is 10.9. The van der Waals surface area contributed by atoms with E-state index >= 15 is 0 Å². The zero-order valence-corrected chi connectivity index (χ0v) is 46.6. The topological polar surface area (TPSA) is 43.2 Å². The summed E-state index contributed by atoms with van der Waals surface area (Å²) < 4.78 is 18.4. The number of aromatic nitrogens is 1. The van der Waals surface area contributed by atoms with Crippen molar-refractivity contribution in [2.45, 2.75) is 57.5 Å². The van der Waals surface area contributed by atoms with Crippen molar-refractivity contribution < 1.29 is 8.83 Å². The maximum atomic E-state index is 6.75. The molecule has 5 atom stereocenters. The Balaban J connectivity index is 0.720. The molecular formula is C77H58N2O2S. The Hall–Kier alpha value is -9.00. The quantitative estimate of drug-likeness (QED) is 0.165. The molecule has 3 aliphatic rings. The van der Waals surface area contributed by atoms with Crippen LogP contribution in [-0.4, -0.2) is 4.57 Å². The number of rotatable bonds is 8. The first-order chi connectivity index (χ1) is 40.5. The van der Waals surface area contributed by atoms with Crippen LogP contribution in [-0.2, 0) is 0 Å². The minimum atomic E-state index is 0.0702. The van der Waals surface area contributed by atoms with Crippen LogP contribution in [0.15, 0.2) is 233 Å². The molecule has 17 rings (SSSR count). The van der Waals surface area contributed by atoms with Gasteiger partial charge in [0.1, 0.15) is 22.5 Å². The van der Waals surface area contributed by atoms with Crippen LogP contribution in [0, 0.1) is 18.8 Å². The van der Waals surface area contributed by atoms with Crippen LogP contribution in [0.2, 0.25) is 0 Å². The Morgan fingerprint density at radius 1 is 0.537 bits per heavy atom. The van der Waals surface area contributed by atoms with Crippen LogP contribution in [0.5, 0.6) is 0 Å². The highest BCUT2D eigenvalue weighted by atomic mass is 32.1. The van der Waals surface area contributed by atoms with Crippen LogP contribution in [0.3, 0.4) is 0 Å². The Morgan fingerprint density at radius 3 is 2.11 bits per heavy atom. The van der Waals surface area contributed by atoms with E-state index in [0.29, 0.717) is 11.8 Å². The molecule has 0 bridgehead atoms. The second-order valence-electron chi connectivity index (χ2n) is 23.3. The largest absolute Gasteiger partial charge is 0.456 e. The first kappa shape index (κ1) is 47.8. The maximum absolute atomic E-state index is 6.75. The van der Waals surface area contributed by atoms with E-state index in [-0.39, 0.29) is 18.0 Å². The lowest BCUT2D eigenvalue weighted by Crippen LogP contribution is -2.33. The summed E-state index contributed by atoms with van der Waals surface area (Å²) in [6.45, 7) is 4.58. The molecule has 4 nitrogen and oxygen atoms in total. The number of nitrogens with one attached hydrogen (secondary N) is 1. The number of fused-ring (bicyclic) bond motifs is 14. The van der Waals surface area contributed by atoms with E-state index in [2.05, 4.69) is 254 Å². The Morgan fingerprint density at radius 2 is 1.24 bits per heavy atom. The summed E-state index contributed by atoms with van der Waals surface area (Å²) in [5, 5.41) is 13.1. The molecule has 82 heavy (non-hydrogen) atoms. The highest BCUT2D eigenvalue weighted by Gasteiger charge is 2.42. The molecule has 0 spiro atoms. The number of para-hydroxylation sites is 2. The van der Waals surface area contributed by atoms with Crippen LogP contribution in [0.25, 0.3) is 126 Å². The van der Waals surface area contributed by atoms with E-state index in [1.54, 1.807) is 0 Å². The van der Waals surface area contributed by atoms with Crippen LogP contribution >= 0.6 is 11.3 Å². The third-order valence-corrected chi connectivity index (χ3v) is 19.8. The highest BCUT2D eigenvalue weighted by molar-refractivity contribution is 7.25. The number of aryl methyl sites for hydroxylation is 1. The molecule has 394 valence electrons. The summed E-state index contributed by atoms with van der Waals surface area (Å²) in [6.07, 6.45) is 11.3. The van der Waals surface area contributed by atoms with Gasteiger partial charge in [-0.2, -0.15) is 0 Å². The molecule has 2 aliphatic carbocycles. The van der Waals surface area contributed by atoms with E-state index in [4.69, 9.17) is 8.83 Å². The molecule has 0 radical (unpaired) electrons. The molecule has 14 aromatic rings. The predicted octanol–water partition coefficient (Wildman–Crippen LogP) is 21.5. The summed E-state index contributed by atoms with van der Waals surface area (Å²) >= 11 is 1.90. The maximum Gasteiger partial charge on any atom is 0.136 e. The van der Waals surface area contributed by atoms with Crippen molar-refractivity contribution in [1.29, 1.82) is 0 Å². The lowest BCUT2D eigenvalue weighted by molar-refractivity contribution is 0.352. The van der Waals surface area contributed by atoms with Gasteiger partial charge in [0.25, 0.3) is 0 Å². The number of benzene rings is 10. The average molecular weight is 1080 g/mol. The van der Waals surface area contributed by atoms with Gasteiger partial charge in [-0.1, -0.05) is 165 Å². The van der Waals surface area contributed by atoms with Gasteiger partial charge in [0, 0.05) is 76.4 Å². The zero-order valence-electron chi connectivity index (χ0n) is 45.8. The molecular weight excluding hydrogens is 1020 g/mol. The van der Waals surface area contributed by atoms with Crippen molar-refractivity contribution in [2.75, 3.05) is 0 Å². The molecule has 4 aromatic heterocycles. The van der Waals surface area contributed by atoms with Crippen molar-refractivity contribution in [2.24, 2.45) is 11.8 Å². The minimum Gasteiger partial charge on any atom is -0.456 e. The van der Waals surface area contributed by atoms with E-state index in [9.17, 15) is 0 Å². The fraction of sp³-hybridized carbons (Fsp3) is 0.143. The first-order valence-corrected chi connectivity index (χ1v) is 30.2. The summed E-state index contributed by atoms with van der Waals surface area (Å²) in [6, 6.07) is 79.2. The number of hydrogen-bond donors (Lipinski definition) is 1. The Bertz CT molecular complexity index is 4950. The monoisotopic (exact) mass is 1070 g/mol. The van der Waals surface area contributed by atoms with Crippen LogP contribution < -0.4 is 5.32 Å². The van der Waals surface area contributed by atoms with Crippen molar-refractivity contribution >= 4 is 97.9 Å². The lowest BCUT2D eigenvalue weighted by Gasteiger charge is -2.36. The summed E-state index contributed by atoms with van der Waals surface area (Å²) in [5.74, 6) is 2.57. The number of furan rings is 2. The zero-order chi connectivity index (χ0) is 54.2. The standard InChI is InChI=1S/C77H58N2O2S/c1-3-55-56(19-12-21-66(78-77(55)48-26-24-47(25-27-48)46-14-6-4-7-15-46)53-31-35-61-72(42-53)80-69-37-32-51-39-64(51)75(61)69)60-20-13-23-73-76(60)62-36-29-50(43-74(62)82-73)49-28-34-59-65-44-63(45(2)38-70(65)81-71(59)41-49)52-30-33-58-57-18-10-11-22-67(57)79(68(58)40-52)54-16-8-5-9-17-54/h4-11,13-20,22-38,40-44,51,55,64,66,77-78H,3,12,21,39H2,1-2H3/b56-19+. The van der Waals surface area contributed by atoms with Crippen LogP contribution in [0.4, 0.5) is 0 Å². The molecule has 5 heteroatoms. The number of hydrogen-bond acceptors (Lipinski definition) is 4. The van der Waals surface area contributed by atoms with Gasteiger partial charge >= 0.3 is 0 Å². The Labute approximate surface area is 480 Å². The molecule has 0 amide bonds. The molecule has 5 unspecified atom stereocenters. The van der Waals surface area contributed by atoms with Gasteiger partial charge in [0.2, 0.25) is 0 Å². The van der Waals surface area contributed by atoms with Gasteiger partial charge in [-0.15, -0.1) is 11.3 Å². The van der Waals surface area contributed by atoms with Gasteiger partial charge < -0.3 is 18.7 Å². The van der Waals surface area contributed by atoms with Crippen molar-refractivity contribution in [3.63, 3.8) is 0 Å². The van der Waals surface area contributed by atoms with Gasteiger partial charge in [-0.05, 0) is 178 Å². The van der Waals surface area contributed by atoms with Gasteiger partial charge in [0.05, 0.1) is 11.0 Å². The van der Waals surface area contributed by atoms with Gasteiger partial charge in [-0.3, -0.25) is 0 Å². The van der Waals surface area contributed by atoms with Gasteiger partial charge in [0.15, 0.2) is 0 Å². The third-order valence-electron chi connectivity index (χ3n) is 18.7. The highest BCUT2D eigenvalue weighted by Crippen LogP contribution is 2.56. The third kappa shape index (κ3) is 7.67. The minimum absolute atomic E-state index is 0.0702. The summed E-state index contributed by atoms with van der Waals surface area (Å²) in [4.78, 5) is 0. The molecule has 1 N–H and O–H groups in total. The molecule has 1 aliphatic heterocycles. The SMILES string of the molecule is CCC1/C(c2cccc3sc4cc(-c5ccc6c(c5)oc5cc(C)c(-c7ccc8c9ccccc9n(-c9ccccc9)c8c7)cc56)ccc4c23)=C\CCC(c2ccc3c4c(oc3c2)C=CC2CC42)NC1c1ccc(-c2ccccc2)cc1. The number of thiophene rings is 1. The smallest absolute Gasteiger partial charge is 0.136 e. The van der Waals surface area contributed by atoms with E-state index in [0.717, 1.165) is 63.8 Å². The second kappa shape index (κ2) is 18.8.